The number of anilines is 1. The SMILES string of the molecule is Nc1ccc(Oc2cccc(C3OC(CO)C(O)C(O)C3O)c2)cn1. The number of benzene rings is 1. The van der Waals surface area contributed by atoms with Crippen LogP contribution in [-0.4, -0.2) is 56.4 Å². The van der Waals surface area contributed by atoms with Crippen LogP contribution in [0.15, 0.2) is 42.6 Å². The summed E-state index contributed by atoms with van der Waals surface area (Å²) in [6.45, 7) is -0.477. The lowest BCUT2D eigenvalue weighted by atomic mass is 9.91. The molecular formula is C17H20N2O6. The van der Waals surface area contributed by atoms with Crippen LogP contribution >= 0.6 is 0 Å². The molecule has 3 rings (SSSR count). The summed E-state index contributed by atoms with van der Waals surface area (Å²) in [5.74, 6) is 1.34. The number of pyridine rings is 1. The summed E-state index contributed by atoms with van der Waals surface area (Å²) < 4.78 is 11.2. The van der Waals surface area contributed by atoms with E-state index in [1.54, 1.807) is 36.4 Å². The lowest BCUT2D eigenvalue weighted by Gasteiger charge is -2.40. The Morgan fingerprint density at radius 2 is 1.84 bits per heavy atom. The summed E-state index contributed by atoms with van der Waals surface area (Å²) in [6, 6.07) is 10.0. The lowest BCUT2D eigenvalue weighted by molar-refractivity contribution is -0.231. The minimum absolute atomic E-state index is 0.377. The monoisotopic (exact) mass is 348 g/mol. The molecule has 25 heavy (non-hydrogen) atoms. The molecule has 8 heteroatoms. The summed E-state index contributed by atoms with van der Waals surface area (Å²) in [5.41, 5.74) is 6.07. The molecule has 0 aliphatic carbocycles. The molecule has 0 spiro atoms. The van der Waals surface area contributed by atoms with Gasteiger partial charge in [0.15, 0.2) is 0 Å². The molecule has 1 fully saturated rings. The number of hydrogen-bond acceptors (Lipinski definition) is 8. The van der Waals surface area contributed by atoms with Gasteiger partial charge < -0.3 is 35.6 Å². The first-order chi connectivity index (χ1) is 12.0. The first kappa shape index (κ1) is 17.6. The molecular weight excluding hydrogens is 328 g/mol. The lowest BCUT2D eigenvalue weighted by Crippen LogP contribution is -2.55. The van der Waals surface area contributed by atoms with E-state index in [-0.39, 0.29) is 0 Å². The Hall–Kier alpha value is -2.23. The van der Waals surface area contributed by atoms with Gasteiger partial charge in [-0.15, -0.1) is 0 Å². The zero-order valence-electron chi connectivity index (χ0n) is 13.3. The topological polar surface area (TPSA) is 138 Å². The van der Waals surface area contributed by atoms with Gasteiger partial charge in [-0.1, -0.05) is 12.1 Å². The number of hydrogen-bond donors (Lipinski definition) is 5. The molecule has 6 N–H and O–H groups in total. The van der Waals surface area contributed by atoms with E-state index >= 15 is 0 Å². The Labute approximate surface area is 144 Å². The Bertz CT molecular complexity index is 709. The first-order valence-corrected chi connectivity index (χ1v) is 7.79. The van der Waals surface area contributed by atoms with Gasteiger partial charge in [-0.3, -0.25) is 0 Å². The fourth-order valence-corrected chi connectivity index (χ4v) is 2.72. The maximum Gasteiger partial charge on any atom is 0.145 e. The third-order valence-corrected chi connectivity index (χ3v) is 4.07. The second-order valence-corrected chi connectivity index (χ2v) is 5.84. The van der Waals surface area contributed by atoms with Gasteiger partial charge in [0.1, 0.15) is 47.8 Å². The van der Waals surface area contributed by atoms with E-state index in [0.29, 0.717) is 22.9 Å². The second-order valence-electron chi connectivity index (χ2n) is 5.84. The van der Waals surface area contributed by atoms with Crippen LogP contribution in [0, 0.1) is 0 Å². The van der Waals surface area contributed by atoms with E-state index in [4.69, 9.17) is 15.2 Å². The molecule has 1 aliphatic heterocycles. The summed E-state index contributed by atoms with van der Waals surface area (Å²) in [4.78, 5) is 3.94. The second kappa shape index (κ2) is 7.34. The normalized spacial score (nSPS) is 29.4. The molecule has 2 aromatic rings. The van der Waals surface area contributed by atoms with Crippen LogP contribution in [0.1, 0.15) is 11.7 Å². The zero-order valence-corrected chi connectivity index (χ0v) is 13.3. The molecule has 0 saturated carbocycles. The van der Waals surface area contributed by atoms with E-state index in [9.17, 15) is 20.4 Å². The molecule has 1 aromatic carbocycles. The van der Waals surface area contributed by atoms with Crippen molar-refractivity contribution < 1.29 is 29.9 Å². The van der Waals surface area contributed by atoms with Gasteiger partial charge in [-0.2, -0.15) is 0 Å². The molecule has 8 nitrogen and oxygen atoms in total. The van der Waals surface area contributed by atoms with Crippen LogP contribution in [0.25, 0.3) is 0 Å². The first-order valence-electron chi connectivity index (χ1n) is 7.79. The van der Waals surface area contributed by atoms with E-state index in [2.05, 4.69) is 4.98 Å². The highest BCUT2D eigenvalue weighted by Gasteiger charge is 2.43. The van der Waals surface area contributed by atoms with Gasteiger partial charge in [-0.25, -0.2) is 4.98 Å². The molecule has 0 radical (unpaired) electrons. The Kier molecular flexibility index (Phi) is 5.16. The van der Waals surface area contributed by atoms with E-state index in [1.165, 1.54) is 6.20 Å². The smallest absolute Gasteiger partial charge is 0.145 e. The van der Waals surface area contributed by atoms with Crippen molar-refractivity contribution in [2.24, 2.45) is 0 Å². The highest BCUT2D eigenvalue weighted by atomic mass is 16.5. The molecule has 1 aromatic heterocycles. The van der Waals surface area contributed by atoms with Crippen LogP contribution < -0.4 is 10.5 Å². The number of aliphatic hydroxyl groups is 4. The molecule has 0 amide bonds. The predicted molar refractivity (Wildman–Crippen MR) is 87.9 cm³/mol. The standard InChI is InChI=1S/C17H20N2O6/c18-13-5-4-11(7-19-13)24-10-3-1-2-9(6-10)17-16(23)15(22)14(21)12(8-20)25-17/h1-7,12,14-17,20-23H,8H2,(H2,18,19). The zero-order chi connectivity index (χ0) is 18.0. The number of aromatic nitrogens is 1. The van der Waals surface area contributed by atoms with Crippen molar-refractivity contribution in [3.63, 3.8) is 0 Å². The Morgan fingerprint density at radius 3 is 2.52 bits per heavy atom. The van der Waals surface area contributed by atoms with Gasteiger partial charge in [0.05, 0.1) is 12.8 Å². The molecule has 2 heterocycles. The Balaban J connectivity index is 1.81. The number of rotatable bonds is 4. The van der Waals surface area contributed by atoms with Gasteiger partial charge in [0.25, 0.3) is 0 Å². The van der Waals surface area contributed by atoms with Crippen molar-refractivity contribution in [1.29, 1.82) is 0 Å². The van der Waals surface area contributed by atoms with Crippen LogP contribution in [-0.2, 0) is 4.74 Å². The average molecular weight is 348 g/mol. The summed E-state index contributed by atoms with van der Waals surface area (Å²) >= 11 is 0. The van der Waals surface area contributed by atoms with Crippen molar-refractivity contribution in [3.05, 3.63) is 48.2 Å². The average Bonchev–Trinajstić information content (AvgIpc) is 2.62. The van der Waals surface area contributed by atoms with Crippen molar-refractivity contribution >= 4 is 5.82 Å². The van der Waals surface area contributed by atoms with Crippen molar-refractivity contribution in [2.45, 2.75) is 30.5 Å². The van der Waals surface area contributed by atoms with Gasteiger partial charge in [0, 0.05) is 0 Å². The van der Waals surface area contributed by atoms with E-state index < -0.39 is 37.1 Å². The van der Waals surface area contributed by atoms with Crippen LogP contribution in [0.5, 0.6) is 11.5 Å². The van der Waals surface area contributed by atoms with Crippen LogP contribution in [0.3, 0.4) is 0 Å². The maximum absolute atomic E-state index is 10.2. The largest absolute Gasteiger partial charge is 0.456 e. The highest BCUT2D eigenvalue weighted by Crippen LogP contribution is 2.34. The van der Waals surface area contributed by atoms with E-state index in [0.717, 1.165) is 0 Å². The van der Waals surface area contributed by atoms with Gasteiger partial charge in [-0.05, 0) is 29.8 Å². The molecule has 5 atom stereocenters. The predicted octanol–water partition coefficient (Wildman–Crippen LogP) is -0.0290. The van der Waals surface area contributed by atoms with Gasteiger partial charge in [0.2, 0.25) is 0 Å². The summed E-state index contributed by atoms with van der Waals surface area (Å²) in [5, 5.41) is 39.3. The fraction of sp³-hybridized carbons (Fsp3) is 0.353. The third-order valence-electron chi connectivity index (χ3n) is 4.07. The molecule has 134 valence electrons. The van der Waals surface area contributed by atoms with Crippen LogP contribution in [0.2, 0.25) is 0 Å². The Morgan fingerprint density at radius 1 is 1.04 bits per heavy atom. The maximum atomic E-state index is 10.2. The number of aliphatic hydroxyl groups excluding tert-OH is 4. The van der Waals surface area contributed by atoms with E-state index in [1.807, 2.05) is 0 Å². The number of ether oxygens (including phenoxy) is 2. The minimum Gasteiger partial charge on any atom is -0.456 e. The van der Waals surface area contributed by atoms with Crippen LogP contribution in [0.4, 0.5) is 5.82 Å². The number of nitrogen functional groups attached to an aromatic ring is 1. The molecule has 5 unspecified atom stereocenters. The van der Waals surface area contributed by atoms with Crippen molar-refractivity contribution in [2.75, 3.05) is 12.3 Å². The van der Waals surface area contributed by atoms with Crippen molar-refractivity contribution in [3.8, 4) is 11.5 Å². The van der Waals surface area contributed by atoms with Crippen molar-refractivity contribution in [1.82, 2.24) is 4.98 Å². The molecule has 1 saturated heterocycles. The highest BCUT2D eigenvalue weighted by molar-refractivity contribution is 5.37. The molecule has 1 aliphatic rings. The number of nitrogens with two attached hydrogens (primary N) is 1. The quantitative estimate of drug-likeness (QED) is 0.519. The third kappa shape index (κ3) is 3.73. The summed E-state index contributed by atoms with van der Waals surface area (Å²) in [6.07, 6.45) is -4.56. The summed E-state index contributed by atoms with van der Waals surface area (Å²) in [7, 11) is 0. The fourth-order valence-electron chi connectivity index (χ4n) is 2.72. The minimum atomic E-state index is -1.43. The van der Waals surface area contributed by atoms with Gasteiger partial charge >= 0.3 is 0 Å². The number of nitrogens with zero attached hydrogens (tertiary/aromatic N) is 1. The molecule has 0 bridgehead atoms.